The van der Waals surface area contributed by atoms with E-state index in [2.05, 4.69) is 30.9 Å². The lowest BCUT2D eigenvalue weighted by molar-refractivity contribution is 0.130. The first-order chi connectivity index (χ1) is 9.72. The predicted molar refractivity (Wildman–Crippen MR) is 78.5 cm³/mol. The third-order valence-corrected chi connectivity index (χ3v) is 5.65. The fourth-order valence-electron chi connectivity index (χ4n) is 4.59. The van der Waals surface area contributed by atoms with Gasteiger partial charge in [0.25, 0.3) is 0 Å². The van der Waals surface area contributed by atoms with E-state index in [4.69, 9.17) is 9.47 Å². The van der Waals surface area contributed by atoms with Gasteiger partial charge >= 0.3 is 0 Å². The van der Waals surface area contributed by atoms with Crippen molar-refractivity contribution in [3.05, 3.63) is 23.3 Å². The van der Waals surface area contributed by atoms with Gasteiger partial charge in [-0.3, -0.25) is 4.90 Å². The standard InChI is InChI=1S/C17H23NO2/c1-3-14-13-10-16-15(19-11-20-16)9-12(13)5-8-18-7-4-6-17(14,18)2/h9-10,14H,3-8,11H2,1-2H3. The Bertz CT molecular complexity index is 542. The summed E-state index contributed by atoms with van der Waals surface area (Å²) in [5, 5.41) is 0. The van der Waals surface area contributed by atoms with E-state index in [1.54, 1.807) is 0 Å². The summed E-state index contributed by atoms with van der Waals surface area (Å²) in [5.41, 5.74) is 3.30. The average molecular weight is 273 g/mol. The number of hydrogen-bond donors (Lipinski definition) is 0. The Morgan fingerprint density at radius 1 is 1.25 bits per heavy atom. The maximum absolute atomic E-state index is 5.61. The third kappa shape index (κ3) is 1.62. The van der Waals surface area contributed by atoms with Crippen molar-refractivity contribution in [3.8, 4) is 11.5 Å². The molecule has 3 aliphatic heterocycles. The second-order valence-electron chi connectivity index (χ2n) is 6.56. The molecule has 0 spiro atoms. The molecular formula is C17H23NO2. The van der Waals surface area contributed by atoms with Gasteiger partial charge in [-0.25, -0.2) is 0 Å². The molecule has 0 radical (unpaired) electrons. The van der Waals surface area contributed by atoms with Gasteiger partial charge in [-0.15, -0.1) is 0 Å². The lowest BCUT2D eigenvalue weighted by Gasteiger charge is -2.40. The van der Waals surface area contributed by atoms with Crippen LogP contribution < -0.4 is 9.47 Å². The zero-order valence-electron chi connectivity index (χ0n) is 12.4. The first-order valence-corrected chi connectivity index (χ1v) is 7.90. The highest BCUT2D eigenvalue weighted by Gasteiger charge is 2.45. The van der Waals surface area contributed by atoms with Gasteiger partial charge in [0.15, 0.2) is 11.5 Å². The Morgan fingerprint density at radius 3 is 2.85 bits per heavy atom. The lowest BCUT2D eigenvalue weighted by atomic mass is 9.76. The van der Waals surface area contributed by atoms with Crippen LogP contribution in [0.15, 0.2) is 12.1 Å². The highest BCUT2D eigenvalue weighted by molar-refractivity contribution is 5.51. The molecule has 0 aliphatic carbocycles. The van der Waals surface area contributed by atoms with Crippen LogP contribution in [0.2, 0.25) is 0 Å². The summed E-state index contributed by atoms with van der Waals surface area (Å²) in [4.78, 5) is 2.72. The number of ether oxygens (including phenoxy) is 2. The van der Waals surface area contributed by atoms with Crippen molar-refractivity contribution in [1.29, 1.82) is 0 Å². The molecule has 3 heterocycles. The minimum absolute atomic E-state index is 0.327. The molecule has 0 aromatic heterocycles. The second kappa shape index (κ2) is 4.39. The minimum Gasteiger partial charge on any atom is -0.454 e. The number of benzene rings is 1. The van der Waals surface area contributed by atoms with E-state index in [1.165, 1.54) is 43.5 Å². The van der Waals surface area contributed by atoms with Gasteiger partial charge in [-0.05, 0) is 62.4 Å². The Labute approximate surface area is 120 Å². The minimum atomic E-state index is 0.327. The van der Waals surface area contributed by atoms with Crippen LogP contribution in [0.1, 0.15) is 50.2 Å². The van der Waals surface area contributed by atoms with E-state index >= 15 is 0 Å². The van der Waals surface area contributed by atoms with Gasteiger partial charge in [0.1, 0.15) is 0 Å². The van der Waals surface area contributed by atoms with E-state index < -0.39 is 0 Å². The largest absolute Gasteiger partial charge is 0.454 e. The van der Waals surface area contributed by atoms with Gasteiger partial charge in [0.05, 0.1) is 0 Å². The molecule has 108 valence electrons. The average Bonchev–Trinajstić information content (AvgIpc) is 3.01. The molecule has 0 bridgehead atoms. The van der Waals surface area contributed by atoms with Crippen LogP contribution in [0.3, 0.4) is 0 Å². The first kappa shape index (κ1) is 12.5. The summed E-state index contributed by atoms with van der Waals surface area (Å²) in [6.07, 6.45) is 4.99. The molecule has 1 fully saturated rings. The Hall–Kier alpha value is -1.22. The molecule has 0 N–H and O–H groups in total. The van der Waals surface area contributed by atoms with Crippen molar-refractivity contribution in [3.63, 3.8) is 0 Å². The van der Waals surface area contributed by atoms with Crippen molar-refractivity contribution >= 4 is 0 Å². The number of hydrogen-bond acceptors (Lipinski definition) is 3. The molecular weight excluding hydrogens is 250 g/mol. The van der Waals surface area contributed by atoms with E-state index in [-0.39, 0.29) is 0 Å². The summed E-state index contributed by atoms with van der Waals surface area (Å²) in [6.45, 7) is 7.60. The summed E-state index contributed by atoms with van der Waals surface area (Å²) in [5.74, 6) is 2.49. The molecule has 3 heteroatoms. The first-order valence-electron chi connectivity index (χ1n) is 7.90. The highest BCUT2D eigenvalue weighted by atomic mass is 16.7. The van der Waals surface area contributed by atoms with Gasteiger partial charge < -0.3 is 9.47 Å². The van der Waals surface area contributed by atoms with Gasteiger partial charge in [-0.2, -0.15) is 0 Å². The molecule has 0 amide bonds. The maximum atomic E-state index is 5.61. The zero-order chi connectivity index (χ0) is 13.7. The van der Waals surface area contributed by atoms with Crippen molar-refractivity contribution in [2.75, 3.05) is 19.9 Å². The molecule has 1 aromatic rings. The van der Waals surface area contributed by atoms with E-state index in [0.29, 0.717) is 18.2 Å². The highest BCUT2D eigenvalue weighted by Crippen LogP contribution is 2.48. The third-order valence-electron chi connectivity index (χ3n) is 5.65. The fraction of sp³-hybridized carbons (Fsp3) is 0.647. The van der Waals surface area contributed by atoms with Crippen LogP contribution in [0.5, 0.6) is 11.5 Å². The van der Waals surface area contributed by atoms with E-state index in [9.17, 15) is 0 Å². The Balaban J connectivity index is 1.84. The summed E-state index contributed by atoms with van der Waals surface area (Å²) < 4.78 is 11.2. The molecule has 2 unspecified atom stereocenters. The van der Waals surface area contributed by atoms with Crippen LogP contribution in [0, 0.1) is 0 Å². The van der Waals surface area contributed by atoms with Crippen molar-refractivity contribution in [2.24, 2.45) is 0 Å². The van der Waals surface area contributed by atoms with Crippen LogP contribution in [0.25, 0.3) is 0 Å². The quantitative estimate of drug-likeness (QED) is 0.783. The summed E-state index contributed by atoms with van der Waals surface area (Å²) >= 11 is 0. The second-order valence-corrected chi connectivity index (χ2v) is 6.56. The molecule has 4 rings (SSSR count). The van der Waals surface area contributed by atoms with Crippen molar-refractivity contribution in [2.45, 2.75) is 51.0 Å². The van der Waals surface area contributed by atoms with Crippen molar-refractivity contribution in [1.82, 2.24) is 4.90 Å². The molecule has 20 heavy (non-hydrogen) atoms. The van der Waals surface area contributed by atoms with E-state index in [0.717, 1.165) is 17.9 Å². The number of nitrogens with zero attached hydrogens (tertiary/aromatic N) is 1. The van der Waals surface area contributed by atoms with Gasteiger partial charge in [-0.1, -0.05) is 6.92 Å². The predicted octanol–water partition coefficient (Wildman–Crippen LogP) is 3.32. The summed E-state index contributed by atoms with van der Waals surface area (Å²) in [6, 6.07) is 4.49. The van der Waals surface area contributed by atoms with Crippen molar-refractivity contribution < 1.29 is 9.47 Å². The summed E-state index contributed by atoms with van der Waals surface area (Å²) in [7, 11) is 0. The number of rotatable bonds is 1. The van der Waals surface area contributed by atoms with Crippen LogP contribution in [-0.4, -0.2) is 30.3 Å². The maximum Gasteiger partial charge on any atom is 0.231 e. The molecule has 3 nitrogen and oxygen atoms in total. The molecule has 3 aliphatic rings. The Kier molecular flexibility index (Phi) is 2.75. The van der Waals surface area contributed by atoms with Crippen LogP contribution in [0.4, 0.5) is 0 Å². The SMILES string of the molecule is CCC1c2cc3c(cc2CCN2CCCC12C)OCO3. The van der Waals surface area contributed by atoms with Crippen LogP contribution in [-0.2, 0) is 6.42 Å². The Morgan fingerprint density at radius 2 is 2.05 bits per heavy atom. The monoisotopic (exact) mass is 273 g/mol. The zero-order valence-corrected chi connectivity index (χ0v) is 12.4. The van der Waals surface area contributed by atoms with Gasteiger partial charge in [0, 0.05) is 18.0 Å². The lowest BCUT2D eigenvalue weighted by Crippen LogP contribution is -2.45. The molecule has 0 saturated carbocycles. The normalized spacial score (nSPS) is 31.8. The molecule has 1 aromatic carbocycles. The number of fused-ring (bicyclic) bond motifs is 3. The topological polar surface area (TPSA) is 21.7 Å². The smallest absolute Gasteiger partial charge is 0.231 e. The molecule has 2 atom stereocenters. The van der Waals surface area contributed by atoms with Gasteiger partial charge in [0.2, 0.25) is 6.79 Å². The van der Waals surface area contributed by atoms with Crippen LogP contribution >= 0.6 is 0 Å². The molecule has 1 saturated heterocycles. The van der Waals surface area contributed by atoms with E-state index in [1.807, 2.05) is 0 Å². The fourth-order valence-corrected chi connectivity index (χ4v) is 4.59.